The minimum atomic E-state index is 0.0529. The summed E-state index contributed by atoms with van der Waals surface area (Å²) >= 11 is 0. The first-order valence-corrected chi connectivity index (χ1v) is 5.97. The Bertz CT molecular complexity index is 408. The van der Waals surface area contributed by atoms with Crippen LogP contribution in [0.4, 0.5) is 0 Å². The summed E-state index contributed by atoms with van der Waals surface area (Å²) in [5.74, 6) is 0.520. The number of rotatable bonds is 3. The molecular weight excluding hydrogens is 194 g/mol. The first-order valence-electron chi connectivity index (χ1n) is 5.97. The van der Waals surface area contributed by atoms with Gasteiger partial charge in [0.2, 0.25) is 0 Å². The molecule has 0 saturated heterocycles. The van der Waals surface area contributed by atoms with Crippen molar-refractivity contribution in [3.05, 3.63) is 34.9 Å². The van der Waals surface area contributed by atoms with E-state index in [1.807, 2.05) is 6.07 Å². The Morgan fingerprint density at radius 1 is 1.31 bits per heavy atom. The van der Waals surface area contributed by atoms with Gasteiger partial charge in [-0.25, -0.2) is 0 Å². The molecule has 0 spiro atoms. The van der Waals surface area contributed by atoms with Crippen LogP contribution >= 0.6 is 0 Å². The van der Waals surface area contributed by atoms with Crippen LogP contribution < -0.4 is 0 Å². The van der Waals surface area contributed by atoms with Crippen molar-refractivity contribution in [2.45, 2.75) is 46.5 Å². The fourth-order valence-electron chi connectivity index (χ4n) is 1.78. The highest BCUT2D eigenvalue weighted by atomic mass is 14.3. The third-order valence-electron chi connectivity index (χ3n) is 3.75. The Morgan fingerprint density at radius 3 is 2.38 bits per heavy atom. The number of nitrogens with zero attached hydrogens (tertiary/aromatic N) is 1. The molecule has 0 N–H and O–H groups in total. The molecule has 0 amide bonds. The van der Waals surface area contributed by atoms with Crippen molar-refractivity contribution >= 4 is 0 Å². The molecule has 16 heavy (non-hydrogen) atoms. The topological polar surface area (TPSA) is 23.8 Å². The molecule has 0 aliphatic heterocycles. The van der Waals surface area contributed by atoms with Gasteiger partial charge in [-0.2, -0.15) is 5.26 Å². The number of nitriles is 1. The minimum absolute atomic E-state index is 0.0529. The van der Waals surface area contributed by atoms with E-state index in [1.54, 1.807) is 0 Å². The zero-order chi connectivity index (χ0) is 12.3. The lowest BCUT2D eigenvalue weighted by atomic mass is 9.73. The van der Waals surface area contributed by atoms with E-state index in [4.69, 9.17) is 0 Å². The lowest BCUT2D eigenvalue weighted by Gasteiger charge is -2.31. The minimum Gasteiger partial charge on any atom is -0.192 e. The summed E-state index contributed by atoms with van der Waals surface area (Å²) in [7, 11) is 0. The smallest absolute Gasteiger partial charge is 0.0994 e. The van der Waals surface area contributed by atoms with Gasteiger partial charge in [0.15, 0.2) is 0 Å². The Kier molecular flexibility index (Phi) is 3.75. The van der Waals surface area contributed by atoms with Crippen molar-refractivity contribution in [2.24, 2.45) is 5.92 Å². The third-order valence-corrected chi connectivity index (χ3v) is 3.75. The lowest BCUT2D eigenvalue weighted by Crippen LogP contribution is -2.25. The SMILES string of the molecule is CCc1ccc(C(C)(C)C(C)C)c(C#N)c1. The predicted octanol–water partition coefficient (Wildman–Crippen LogP) is 4.05. The van der Waals surface area contributed by atoms with Crippen LogP contribution in [0.1, 0.15) is 51.3 Å². The third kappa shape index (κ3) is 2.27. The summed E-state index contributed by atoms with van der Waals surface area (Å²) in [6.45, 7) is 10.9. The molecule has 1 nitrogen and oxygen atoms in total. The molecule has 1 rings (SSSR count). The van der Waals surface area contributed by atoms with E-state index in [2.05, 4.69) is 52.8 Å². The summed E-state index contributed by atoms with van der Waals surface area (Å²) in [6.07, 6.45) is 0.983. The molecule has 0 radical (unpaired) electrons. The molecule has 1 heteroatoms. The van der Waals surface area contributed by atoms with Crippen LogP contribution in [0.15, 0.2) is 18.2 Å². The number of benzene rings is 1. The van der Waals surface area contributed by atoms with Crippen molar-refractivity contribution < 1.29 is 0 Å². The lowest BCUT2D eigenvalue weighted by molar-refractivity contribution is 0.371. The van der Waals surface area contributed by atoms with E-state index < -0.39 is 0 Å². The Balaban J connectivity index is 3.30. The average molecular weight is 215 g/mol. The van der Waals surface area contributed by atoms with Crippen LogP contribution in [-0.4, -0.2) is 0 Å². The second-order valence-electron chi connectivity index (χ2n) is 5.22. The van der Waals surface area contributed by atoms with Gasteiger partial charge >= 0.3 is 0 Å². The van der Waals surface area contributed by atoms with E-state index in [0.717, 1.165) is 12.0 Å². The summed E-state index contributed by atoms with van der Waals surface area (Å²) in [5, 5.41) is 9.23. The largest absolute Gasteiger partial charge is 0.192 e. The van der Waals surface area contributed by atoms with Crippen molar-refractivity contribution in [1.29, 1.82) is 5.26 Å². The van der Waals surface area contributed by atoms with E-state index >= 15 is 0 Å². The molecule has 0 aliphatic rings. The van der Waals surface area contributed by atoms with E-state index in [1.165, 1.54) is 11.1 Å². The summed E-state index contributed by atoms with van der Waals surface area (Å²) < 4.78 is 0. The summed E-state index contributed by atoms with van der Waals surface area (Å²) in [6, 6.07) is 8.62. The van der Waals surface area contributed by atoms with Crippen molar-refractivity contribution in [3.63, 3.8) is 0 Å². The first-order chi connectivity index (χ1) is 7.43. The number of hydrogen-bond acceptors (Lipinski definition) is 1. The van der Waals surface area contributed by atoms with E-state index in [9.17, 15) is 5.26 Å². The molecule has 86 valence electrons. The fourth-order valence-corrected chi connectivity index (χ4v) is 1.78. The maximum absolute atomic E-state index is 9.23. The van der Waals surface area contributed by atoms with Gasteiger partial charge in [0.25, 0.3) is 0 Å². The molecule has 1 aromatic carbocycles. The molecule has 0 aliphatic carbocycles. The standard InChI is InChI=1S/C15H21N/c1-6-12-7-8-14(13(9-12)10-16)15(4,5)11(2)3/h7-9,11H,6H2,1-5H3. The molecule has 1 aromatic rings. The fraction of sp³-hybridized carbons (Fsp3) is 0.533. The summed E-state index contributed by atoms with van der Waals surface area (Å²) in [5.41, 5.74) is 3.29. The van der Waals surface area contributed by atoms with Crippen LogP contribution in [0, 0.1) is 17.2 Å². The Labute approximate surface area is 99.1 Å². The first kappa shape index (κ1) is 12.8. The van der Waals surface area contributed by atoms with Crippen molar-refractivity contribution in [2.75, 3.05) is 0 Å². The van der Waals surface area contributed by atoms with Crippen molar-refractivity contribution in [3.8, 4) is 6.07 Å². The molecule has 0 fully saturated rings. The second-order valence-corrected chi connectivity index (χ2v) is 5.22. The van der Waals surface area contributed by atoms with Crippen molar-refractivity contribution in [1.82, 2.24) is 0 Å². The number of aryl methyl sites for hydroxylation is 1. The molecule has 0 bridgehead atoms. The Hall–Kier alpha value is -1.29. The van der Waals surface area contributed by atoms with E-state index in [-0.39, 0.29) is 5.41 Å². The van der Waals surface area contributed by atoms with Crippen LogP contribution in [-0.2, 0) is 11.8 Å². The van der Waals surface area contributed by atoms with Gasteiger partial charge in [0.05, 0.1) is 11.6 Å². The Morgan fingerprint density at radius 2 is 1.94 bits per heavy atom. The molecule has 0 aromatic heterocycles. The molecule has 0 atom stereocenters. The van der Waals surface area contributed by atoms with Crippen LogP contribution in [0.3, 0.4) is 0 Å². The second kappa shape index (κ2) is 4.70. The van der Waals surface area contributed by atoms with Gasteiger partial charge in [0.1, 0.15) is 0 Å². The van der Waals surface area contributed by atoms with E-state index in [0.29, 0.717) is 5.92 Å². The highest BCUT2D eigenvalue weighted by Crippen LogP contribution is 2.33. The van der Waals surface area contributed by atoms with Crippen LogP contribution in [0.25, 0.3) is 0 Å². The van der Waals surface area contributed by atoms with Crippen LogP contribution in [0.5, 0.6) is 0 Å². The van der Waals surface area contributed by atoms with Gasteiger partial charge in [-0.3, -0.25) is 0 Å². The molecule has 0 saturated carbocycles. The monoisotopic (exact) mass is 215 g/mol. The van der Waals surface area contributed by atoms with Crippen LogP contribution in [0.2, 0.25) is 0 Å². The van der Waals surface area contributed by atoms with Gasteiger partial charge in [-0.15, -0.1) is 0 Å². The quantitative estimate of drug-likeness (QED) is 0.746. The normalized spacial score (nSPS) is 11.6. The average Bonchev–Trinajstić information content (AvgIpc) is 2.27. The zero-order valence-corrected chi connectivity index (χ0v) is 11.0. The molecular formula is C15H21N. The van der Waals surface area contributed by atoms with Gasteiger partial charge in [-0.05, 0) is 34.9 Å². The van der Waals surface area contributed by atoms with Gasteiger partial charge < -0.3 is 0 Å². The highest BCUT2D eigenvalue weighted by Gasteiger charge is 2.27. The molecule has 0 unspecified atom stereocenters. The molecule has 0 heterocycles. The predicted molar refractivity (Wildman–Crippen MR) is 68.4 cm³/mol. The van der Waals surface area contributed by atoms with Gasteiger partial charge in [-0.1, -0.05) is 46.8 Å². The number of hydrogen-bond donors (Lipinski definition) is 0. The highest BCUT2D eigenvalue weighted by molar-refractivity contribution is 5.44. The zero-order valence-electron chi connectivity index (χ0n) is 11.0. The maximum atomic E-state index is 9.23. The maximum Gasteiger partial charge on any atom is 0.0994 e. The van der Waals surface area contributed by atoms with Gasteiger partial charge in [0, 0.05) is 0 Å². The summed E-state index contributed by atoms with van der Waals surface area (Å²) in [4.78, 5) is 0.